The smallest absolute Gasteiger partial charge is 0.229 e. The molecule has 16 heavy (non-hydrogen) atoms. The first kappa shape index (κ1) is 13.5. The molecule has 2 N–H and O–H groups in total. The molecule has 0 spiro atoms. The van der Waals surface area contributed by atoms with Crippen LogP contribution in [0.15, 0.2) is 0 Å². The second-order valence-corrected chi connectivity index (χ2v) is 6.69. The van der Waals surface area contributed by atoms with Crippen LogP contribution in [0.3, 0.4) is 0 Å². The van der Waals surface area contributed by atoms with Crippen molar-refractivity contribution >= 4 is 5.91 Å². The molecule has 0 saturated carbocycles. The van der Waals surface area contributed by atoms with Gasteiger partial charge < -0.3 is 10.6 Å². The van der Waals surface area contributed by atoms with E-state index in [2.05, 4.69) is 20.8 Å². The molecule has 0 aliphatic carbocycles. The number of nitrogens with zero attached hydrogens (tertiary/aromatic N) is 1. The molecule has 0 aromatic carbocycles. The third-order valence-electron chi connectivity index (χ3n) is 3.79. The summed E-state index contributed by atoms with van der Waals surface area (Å²) in [4.78, 5) is 14.2. The maximum atomic E-state index is 12.2. The van der Waals surface area contributed by atoms with Gasteiger partial charge >= 0.3 is 0 Å². The van der Waals surface area contributed by atoms with Crippen molar-refractivity contribution in [2.45, 2.75) is 41.0 Å². The second-order valence-electron chi connectivity index (χ2n) is 6.69. The van der Waals surface area contributed by atoms with Gasteiger partial charge in [0.25, 0.3) is 0 Å². The molecule has 1 unspecified atom stereocenters. The summed E-state index contributed by atoms with van der Waals surface area (Å²) in [7, 11) is 0. The van der Waals surface area contributed by atoms with Gasteiger partial charge in [0.05, 0.1) is 5.41 Å². The number of hydrogen-bond donors (Lipinski definition) is 1. The summed E-state index contributed by atoms with van der Waals surface area (Å²) >= 11 is 0. The Kier molecular flexibility index (Phi) is 3.68. The number of amides is 1. The Morgan fingerprint density at radius 3 is 2.25 bits per heavy atom. The van der Waals surface area contributed by atoms with Crippen molar-refractivity contribution in [1.29, 1.82) is 0 Å². The fourth-order valence-corrected chi connectivity index (χ4v) is 2.17. The zero-order valence-corrected chi connectivity index (χ0v) is 11.3. The predicted octanol–water partition coefficient (Wildman–Crippen LogP) is 1.87. The van der Waals surface area contributed by atoms with Gasteiger partial charge in [-0.1, -0.05) is 20.8 Å². The maximum absolute atomic E-state index is 12.2. The third kappa shape index (κ3) is 2.76. The van der Waals surface area contributed by atoms with Gasteiger partial charge in [-0.15, -0.1) is 0 Å². The van der Waals surface area contributed by atoms with Gasteiger partial charge in [-0.25, -0.2) is 0 Å². The highest BCUT2D eigenvalue weighted by molar-refractivity contribution is 5.82. The fourth-order valence-electron chi connectivity index (χ4n) is 2.17. The van der Waals surface area contributed by atoms with E-state index in [1.807, 2.05) is 18.7 Å². The highest BCUT2D eigenvalue weighted by atomic mass is 16.2. The molecular formula is C13H26N2O. The molecule has 0 radical (unpaired) electrons. The van der Waals surface area contributed by atoms with E-state index in [0.29, 0.717) is 17.9 Å². The van der Waals surface area contributed by atoms with Crippen molar-refractivity contribution in [2.75, 3.05) is 19.6 Å². The molecule has 3 nitrogen and oxygen atoms in total. The van der Waals surface area contributed by atoms with Crippen LogP contribution in [0, 0.1) is 16.7 Å². The van der Waals surface area contributed by atoms with Crippen LogP contribution in [0.25, 0.3) is 0 Å². The number of carbonyl (C=O) groups is 1. The number of hydrogen-bond acceptors (Lipinski definition) is 2. The average molecular weight is 226 g/mol. The number of likely N-dealkylation sites (tertiary alicyclic amines) is 1. The summed E-state index contributed by atoms with van der Waals surface area (Å²) in [5, 5.41) is 0. The molecule has 1 amide bonds. The third-order valence-corrected chi connectivity index (χ3v) is 3.79. The number of carbonyl (C=O) groups excluding carboxylic acids is 1. The van der Waals surface area contributed by atoms with Gasteiger partial charge in [0.1, 0.15) is 0 Å². The molecule has 1 rings (SSSR count). The van der Waals surface area contributed by atoms with E-state index in [1.54, 1.807) is 0 Å². The van der Waals surface area contributed by atoms with Crippen LogP contribution in [-0.4, -0.2) is 30.4 Å². The van der Waals surface area contributed by atoms with Gasteiger partial charge in [0.15, 0.2) is 0 Å². The van der Waals surface area contributed by atoms with Crippen molar-refractivity contribution in [3.8, 4) is 0 Å². The van der Waals surface area contributed by atoms with Crippen LogP contribution in [0.5, 0.6) is 0 Å². The summed E-state index contributed by atoms with van der Waals surface area (Å²) in [5.41, 5.74) is 5.53. The largest absolute Gasteiger partial charge is 0.342 e. The lowest BCUT2D eigenvalue weighted by atomic mass is 9.80. The minimum absolute atomic E-state index is 0.210. The first-order chi connectivity index (χ1) is 7.18. The van der Waals surface area contributed by atoms with Crippen molar-refractivity contribution in [2.24, 2.45) is 22.5 Å². The lowest BCUT2D eigenvalue weighted by molar-refractivity contribution is -0.139. The normalized spacial score (nSPS) is 22.6. The quantitative estimate of drug-likeness (QED) is 0.781. The van der Waals surface area contributed by atoms with E-state index in [1.165, 1.54) is 0 Å². The first-order valence-electron chi connectivity index (χ1n) is 6.18. The van der Waals surface area contributed by atoms with Crippen molar-refractivity contribution in [3.63, 3.8) is 0 Å². The topological polar surface area (TPSA) is 46.3 Å². The summed E-state index contributed by atoms with van der Waals surface area (Å²) in [6.07, 6.45) is 1.12. The zero-order valence-electron chi connectivity index (χ0n) is 11.3. The van der Waals surface area contributed by atoms with Gasteiger partial charge in [0.2, 0.25) is 5.91 Å². The summed E-state index contributed by atoms with van der Waals surface area (Å²) < 4.78 is 0. The molecular weight excluding hydrogens is 200 g/mol. The Labute approximate surface area is 99.4 Å². The van der Waals surface area contributed by atoms with E-state index >= 15 is 0 Å². The van der Waals surface area contributed by atoms with E-state index in [4.69, 9.17) is 5.73 Å². The SMILES string of the molecule is CC(C)(CN)C(=O)N1CCC(C(C)(C)C)C1. The lowest BCUT2D eigenvalue weighted by Crippen LogP contribution is -2.44. The molecule has 1 heterocycles. The molecule has 1 fully saturated rings. The molecule has 1 aliphatic rings. The van der Waals surface area contributed by atoms with Crippen LogP contribution < -0.4 is 5.73 Å². The van der Waals surface area contributed by atoms with Crippen molar-refractivity contribution in [3.05, 3.63) is 0 Å². The highest BCUT2D eigenvalue weighted by Crippen LogP contribution is 2.34. The van der Waals surface area contributed by atoms with Crippen LogP contribution in [0.1, 0.15) is 41.0 Å². The lowest BCUT2D eigenvalue weighted by Gasteiger charge is -2.30. The van der Waals surface area contributed by atoms with Crippen molar-refractivity contribution in [1.82, 2.24) is 4.90 Å². The number of nitrogens with two attached hydrogens (primary N) is 1. The second kappa shape index (κ2) is 4.36. The first-order valence-corrected chi connectivity index (χ1v) is 6.18. The molecule has 0 bridgehead atoms. The van der Waals surface area contributed by atoms with E-state index < -0.39 is 5.41 Å². The summed E-state index contributed by atoms with van der Waals surface area (Å²) in [6, 6.07) is 0. The predicted molar refractivity (Wildman–Crippen MR) is 67.0 cm³/mol. The van der Waals surface area contributed by atoms with Crippen LogP contribution in [-0.2, 0) is 4.79 Å². The highest BCUT2D eigenvalue weighted by Gasteiger charge is 2.38. The van der Waals surface area contributed by atoms with Crippen LogP contribution >= 0.6 is 0 Å². The summed E-state index contributed by atoms with van der Waals surface area (Å²) in [6.45, 7) is 12.8. The minimum Gasteiger partial charge on any atom is -0.342 e. The zero-order chi connectivity index (χ0) is 12.6. The Morgan fingerprint density at radius 2 is 1.88 bits per heavy atom. The van der Waals surface area contributed by atoms with E-state index in [0.717, 1.165) is 19.5 Å². The molecule has 1 saturated heterocycles. The van der Waals surface area contributed by atoms with E-state index in [-0.39, 0.29) is 5.91 Å². The Balaban J connectivity index is 2.64. The van der Waals surface area contributed by atoms with Gasteiger partial charge in [0, 0.05) is 19.6 Å². The number of rotatable bonds is 2. The Bertz CT molecular complexity index is 266. The van der Waals surface area contributed by atoms with Crippen LogP contribution in [0.4, 0.5) is 0 Å². The fraction of sp³-hybridized carbons (Fsp3) is 0.923. The van der Waals surface area contributed by atoms with Gasteiger partial charge in [-0.2, -0.15) is 0 Å². The molecule has 94 valence electrons. The van der Waals surface area contributed by atoms with Gasteiger partial charge in [-0.05, 0) is 31.6 Å². The van der Waals surface area contributed by atoms with Crippen molar-refractivity contribution < 1.29 is 4.79 Å². The average Bonchev–Trinajstić information content (AvgIpc) is 2.64. The Hall–Kier alpha value is -0.570. The Morgan fingerprint density at radius 1 is 1.31 bits per heavy atom. The monoisotopic (exact) mass is 226 g/mol. The standard InChI is InChI=1S/C13H26N2O/c1-12(2,3)10-6-7-15(8-10)11(16)13(4,5)9-14/h10H,6-9,14H2,1-5H3. The van der Waals surface area contributed by atoms with E-state index in [9.17, 15) is 4.79 Å². The molecule has 1 aliphatic heterocycles. The molecule has 3 heteroatoms. The van der Waals surface area contributed by atoms with Gasteiger partial charge in [-0.3, -0.25) is 4.79 Å². The minimum atomic E-state index is -0.410. The maximum Gasteiger partial charge on any atom is 0.229 e. The molecule has 1 atom stereocenters. The van der Waals surface area contributed by atoms with Crippen LogP contribution in [0.2, 0.25) is 0 Å². The molecule has 0 aromatic rings. The summed E-state index contributed by atoms with van der Waals surface area (Å²) in [5.74, 6) is 0.826. The molecule has 0 aromatic heterocycles.